The lowest BCUT2D eigenvalue weighted by Gasteiger charge is -2.12. The molecule has 0 radical (unpaired) electrons. The van der Waals surface area contributed by atoms with E-state index in [0.29, 0.717) is 17.1 Å². The molecule has 0 aliphatic rings. The summed E-state index contributed by atoms with van der Waals surface area (Å²) in [5.74, 6) is -0.873. The van der Waals surface area contributed by atoms with E-state index in [1.165, 1.54) is 37.4 Å². The number of ketones is 1. The van der Waals surface area contributed by atoms with Gasteiger partial charge in [0.1, 0.15) is 11.6 Å². The summed E-state index contributed by atoms with van der Waals surface area (Å²) in [6, 6.07) is 15.1. The second-order valence-electron chi connectivity index (χ2n) is 6.55. The first kappa shape index (κ1) is 22.3. The third kappa shape index (κ3) is 5.39. The lowest BCUT2D eigenvalue weighted by molar-refractivity contribution is 0.0944. The first-order valence-electron chi connectivity index (χ1n) is 9.37. The largest absolute Gasteiger partial charge is 0.496 e. The van der Waals surface area contributed by atoms with E-state index in [2.05, 4.69) is 10.6 Å². The number of amides is 1. The number of nitrogens with one attached hydrogen (secondary N) is 2. The van der Waals surface area contributed by atoms with Crippen LogP contribution >= 0.6 is 11.6 Å². The average molecular weight is 443 g/mol. The minimum atomic E-state index is -0.421. The van der Waals surface area contributed by atoms with Crippen LogP contribution in [0.1, 0.15) is 26.3 Å². The van der Waals surface area contributed by atoms with Gasteiger partial charge in [0.15, 0.2) is 5.78 Å². The summed E-state index contributed by atoms with van der Waals surface area (Å²) < 4.78 is 18.3. The highest BCUT2D eigenvalue weighted by Gasteiger charge is 2.20. The Bertz CT molecular complexity index is 1100. The van der Waals surface area contributed by atoms with Gasteiger partial charge in [-0.3, -0.25) is 9.59 Å². The van der Waals surface area contributed by atoms with Gasteiger partial charge in [-0.05, 0) is 60.7 Å². The Morgan fingerprint density at radius 2 is 1.71 bits per heavy atom. The number of halogens is 2. The van der Waals surface area contributed by atoms with E-state index in [9.17, 15) is 14.0 Å². The van der Waals surface area contributed by atoms with Crippen LogP contribution in [0, 0.1) is 5.82 Å². The zero-order chi connectivity index (χ0) is 22.4. The van der Waals surface area contributed by atoms with E-state index in [-0.39, 0.29) is 40.7 Å². The molecule has 0 spiro atoms. The van der Waals surface area contributed by atoms with Gasteiger partial charge >= 0.3 is 0 Å². The van der Waals surface area contributed by atoms with Crippen molar-refractivity contribution in [3.8, 4) is 5.75 Å². The van der Waals surface area contributed by atoms with Gasteiger partial charge in [-0.25, -0.2) is 4.39 Å². The van der Waals surface area contributed by atoms with Crippen molar-refractivity contribution in [2.24, 2.45) is 0 Å². The molecule has 0 bridgehead atoms. The van der Waals surface area contributed by atoms with E-state index < -0.39 is 11.7 Å². The first-order chi connectivity index (χ1) is 14.9. The van der Waals surface area contributed by atoms with E-state index >= 15 is 0 Å². The fourth-order valence-corrected chi connectivity index (χ4v) is 3.19. The molecule has 3 aromatic rings. The quantitative estimate of drug-likeness (QED) is 0.455. The molecule has 160 valence electrons. The van der Waals surface area contributed by atoms with Gasteiger partial charge in [0.05, 0.1) is 24.3 Å². The van der Waals surface area contributed by atoms with Gasteiger partial charge in [-0.15, -0.1) is 0 Å². The van der Waals surface area contributed by atoms with Crippen molar-refractivity contribution in [2.45, 2.75) is 0 Å². The first-order valence-corrected chi connectivity index (χ1v) is 9.74. The minimum absolute atomic E-state index is 0.0997. The molecule has 1 amide bonds. The normalized spacial score (nSPS) is 10.5. The van der Waals surface area contributed by atoms with Crippen LogP contribution in [0.5, 0.6) is 5.75 Å². The van der Waals surface area contributed by atoms with E-state index in [4.69, 9.17) is 21.4 Å². The molecule has 0 aliphatic heterocycles. The fraction of sp³-hybridized carbons (Fsp3) is 0.130. The van der Waals surface area contributed by atoms with Gasteiger partial charge in [0.2, 0.25) is 0 Å². The number of ether oxygens (including phenoxy) is 1. The number of benzene rings is 3. The molecule has 0 fully saturated rings. The Morgan fingerprint density at radius 3 is 2.35 bits per heavy atom. The van der Waals surface area contributed by atoms with Gasteiger partial charge < -0.3 is 20.5 Å². The molecule has 0 saturated carbocycles. The predicted octanol–water partition coefficient (Wildman–Crippen LogP) is 4.18. The summed E-state index contributed by atoms with van der Waals surface area (Å²) >= 11 is 6.36. The second kappa shape index (κ2) is 10.1. The molecule has 3 rings (SSSR count). The number of hydrogen-bond donors (Lipinski definition) is 3. The molecule has 0 heterocycles. The van der Waals surface area contributed by atoms with E-state index in [1.54, 1.807) is 30.3 Å². The summed E-state index contributed by atoms with van der Waals surface area (Å²) in [7, 11) is 1.43. The van der Waals surface area contributed by atoms with Crippen LogP contribution in [0.4, 0.5) is 15.8 Å². The molecule has 0 atom stereocenters. The lowest BCUT2D eigenvalue weighted by atomic mass is 9.99. The Kier molecular flexibility index (Phi) is 7.23. The van der Waals surface area contributed by atoms with Gasteiger partial charge in [0.25, 0.3) is 5.91 Å². The maximum atomic E-state index is 13.1. The third-order valence-corrected chi connectivity index (χ3v) is 4.76. The Hall–Kier alpha value is -3.42. The third-order valence-electron chi connectivity index (χ3n) is 4.45. The highest BCUT2D eigenvalue weighted by Crippen LogP contribution is 2.29. The maximum Gasteiger partial charge on any atom is 0.251 e. The lowest BCUT2D eigenvalue weighted by Crippen LogP contribution is -2.26. The number of aliphatic hydroxyl groups excluding tert-OH is 1. The summed E-state index contributed by atoms with van der Waals surface area (Å²) in [5.41, 5.74) is 1.96. The van der Waals surface area contributed by atoms with Crippen molar-refractivity contribution < 1.29 is 23.8 Å². The molecule has 6 nitrogen and oxygen atoms in total. The molecule has 0 aromatic heterocycles. The van der Waals surface area contributed by atoms with Crippen LogP contribution in [0.25, 0.3) is 0 Å². The Balaban J connectivity index is 1.87. The van der Waals surface area contributed by atoms with Gasteiger partial charge in [-0.2, -0.15) is 0 Å². The zero-order valence-corrected chi connectivity index (χ0v) is 17.4. The maximum absolute atomic E-state index is 13.1. The Labute approximate surface area is 183 Å². The monoisotopic (exact) mass is 442 g/mol. The molecular formula is C23H20ClFN2O4. The van der Waals surface area contributed by atoms with Crippen molar-refractivity contribution in [2.75, 3.05) is 25.6 Å². The molecule has 31 heavy (non-hydrogen) atoms. The summed E-state index contributed by atoms with van der Waals surface area (Å²) in [6.07, 6.45) is 0. The van der Waals surface area contributed by atoms with Gasteiger partial charge in [0, 0.05) is 29.0 Å². The summed E-state index contributed by atoms with van der Waals surface area (Å²) in [4.78, 5) is 25.3. The highest BCUT2D eigenvalue weighted by atomic mass is 35.5. The number of hydrogen-bond acceptors (Lipinski definition) is 5. The van der Waals surface area contributed by atoms with Gasteiger partial charge in [-0.1, -0.05) is 11.6 Å². The van der Waals surface area contributed by atoms with Crippen LogP contribution in [0.3, 0.4) is 0 Å². The van der Waals surface area contributed by atoms with Crippen molar-refractivity contribution in [1.82, 2.24) is 5.32 Å². The molecule has 0 aliphatic carbocycles. The minimum Gasteiger partial charge on any atom is -0.496 e. The zero-order valence-electron chi connectivity index (χ0n) is 16.6. The number of rotatable bonds is 8. The average Bonchev–Trinajstić information content (AvgIpc) is 2.78. The van der Waals surface area contributed by atoms with Crippen molar-refractivity contribution >= 4 is 34.7 Å². The van der Waals surface area contributed by atoms with Crippen molar-refractivity contribution in [3.63, 3.8) is 0 Å². The molecule has 3 aromatic carbocycles. The van der Waals surface area contributed by atoms with Crippen LogP contribution in [-0.4, -0.2) is 37.1 Å². The van der Waals surface area contributed by atoms with E-state index in [0.717, 1.165) is 0 Å². The van der Waals surface area contributed by atoms with Crippen molar-refractivity contribution in [3.05, 3.63) is 88.2 Å². The van der Waals surface area contributed by atoms with E-state index in [1.807, 2.05) is 0 Å². The standard InChI is InChI=1S/C23H20ClFN2O4/c1-31-21-9-2-14(23(30)26-10-11-28)12-19(21)22(29)18-8-7-17(13-20(18)24)27-16-5-3-15(25)4-6-16/h2-9,12-13,27-28H,10-11H2,1H3,(H,26,30). The second-order valence-corrected chi connectivity index (χ2v) is 6.96. The van der Waals surface area contributed by atoms with Crippen LogP contribution in [-0.2, 0) is 0 Å². The molecule has 0 unspecified atom stereocenters. The molecule has 3 N–H and O–H groups in total. The highest BCUT2D eigenvalue weighted by molar-refractivity contribution is 6.35. The molecule has 8 heteroatoms. The number of aliphatic hydroxyl groups is 1. The smallest absolute Gasteiger partial charge is 0.251 e. The van der Waals surface area contributed by atoms with Crippen LogP contribution < -0.4 is 15.4 Å². The topological polar surface area (TPSA) is 87.7 Å². The molecule has 0 saturated heterocycles. The van der Waals surface area contributed by atoms with Crippen molar-refractivity contribution in [1.29, 1.82) is 0 Å². The number of anilines is 2. The number of carbonyl (C=O) groups excluding carboxylic acids is 2. The fourth-order valence-electron chi connectivity index (χ4n) is 2.92. The van der Waals surface area contributed by atoms with Crippen LogP contribution in [0.15, 0.2) is 60.7 Å². The summed E-state index contributed by atoms with van der Waals surface area (Å²) in [6.45, 7) is -0.0932. The predicted molar refractivity (Wildman–Crippen MR) is 117 cm³/mol. The summed E-state index contributed by atoms with van der Waals surface area (Å²) in [5, 5.41) is 14.7. The number of methoxy groups -OCH3 is 1. The SMILES string of the molecule is COc1ccc(C(=O)NCCO)cc1C(=O)c1ccc(Nc2ccc(F)cc2)cc1Cl. The molecular weight excluding hydrogens is 423 g/mol. The Morgan fingerprint density at radius 1 is 1.00 bits per heavy atom. The van der Waals surface area contributed by atoms with Crippen LogP contribution in [0.2, 0.25) is 5.02 Å². The number of carbonyl (C=O) groups is 2.